The monoisotopic (exact) mass is 391 g/mol. The van der Waals surface area contributed by atoms with Gasteiger partial charge < -0.3 is 13.9 Å². The van der Waals surface area contributed by atoms with E-state index in [1.807, 2.05) is 18.2 Å². The standard InChI is InChI=1S/C24H25NO4/c1-27-17-9-7-16(8-10-17)13-25-14-21-22(28-15-25)12-11-19-18-5-3-2-4-6-20(18)24(26)29-23(19)21/h7-12H,2-6,13-15H2,1H3. The van der Waals surface area contributed by atoms with Crippen LogP contribution in [0, 0.1) is 0 Å². The summed E-state index contributed by atoms with van der Waals surface area (Å²) in [7, 11) is 1.67. The van der Waals surface area contributed by atoms with Gasteiger partial charge in [0.05, 0.1) is 12.7 Å². The second kappa shape index (κ2) is 7.56. The highest BCUT2D eigenvalue weighted by molar-refractivity contribution is 5.86. The first-order valence-electron chi connectivity index (χ1n) is 10.3. The maximum absolute atomic E-state index is 12.7. The summed E-state index contributed by atoms with van der Waals surface area (Å²) < 4.78 is 17.1. The minimum atomic E-state index is -0.171. The van der Waals surface area contributed by atoms with Crippen molar-refractivity contribution in [1.82, 2.24) is 4.90 Å². The van der Waals surface area contributed by atoms with Crippen LogP contribution in [0.3, 0.4) is 0 Å². The Bertz CT molecular complexity index is 1100. The Morgan fingerprint density at radius 1 is 0.966 bits per heavy atom. The van der Waals surface area contributed by atoms with Gasteiger partial charge in [-0.3, -0.25) is 4.90 Å². The zero-order chi connectivity index (χ0) is 19.8. The molecule has 3 aromatic rings. The number of benzene rings is 2. The Hall–Kier alpha value is -2.79. The largest absolute Gasteiger partial charge is 0.497 e. The van der Waals surface area contributed by atoms with Crippen molar-refractivity contribution in [2.24, 2.45) is 0 Å². The number of aryl methyl sites for hydroxylation is 1. The van der Waals surface area contributed by atoms with Crippen LogP contribution in [0.4, 0.5) is 0 Å². The second-order valence-electron chi connectivity index (χ2n) is 7.93. The first kappa shape index (κ1) is 18.3. The van der Waals surface area contributed by atoms with Gasteiger partial charge in [0, 0.05) is 24.0 Å². The molecular formula is C24H25NO4. The highest BCUT2D eigenvalue weighted by Gasteiger charge is 2.24. The Labute approximate surface area is 169 Å². The van der Waals surface area contributed by atoms with E-state index in [-0.39, 0.29) is 5.63 Å². The summed E-state index contributed by atoms with van der Waals surface area (Å²) in [5.41, 5.74) is 4.76. The number of methoxy groups -OCH3 is 1. The van der Waals surface area contributed by atoms with E-state index in [0.717, 1.165) is 60.2 Å². The van der Waals surface area contributed by atoms with Gasteiger partial charge in [0.1, 0.15) is 23.8 Å². The van der Waals surface area contributed by atoms with Crippen molar-refractivity contribution in [1.29, 1.82) is 0 Å². The van der Waals surface area contributed by atoms with E-state index in [4.69, 9.17) is 13.9 Å². The fourth-order valence-corrected chi connectivity index (χ4v) is 4.53. The van der Waals surface area contributed by atoms with Gasteiger partial charge in [-0.2, -0.15) is 0 Å². The third-order valence-corrected chi connectivity index (χ3v) is 6.05. The zero-order valence-corrected chi connectivity index (χ0v) is 16.7. The molecule has 1 aliphatic heterocycles. The molecule has 0 spiro atoms. The van der Waals surface area contributed by atoms with Gasteiger partial charge in [-0.1, -0.05) is 18.6 Å². The first-order chi connectivity index (χ1) is 14.2. The van der Waals surface area contributed by atoms with E-state index in [9.17, 15) is 4.79 Å². The molecular weight excluding hydrogens is 366 g/mol. The number of nitrogens with zero attached hydrogens (tertiary/aromatic N) is 1. The van der Waals surface area contributed by atoms with E-state index in [1.54, 1.807) is 7.11 Å². The maximum Gasteiger partial charge on any atom is 0.339 e. The molecule has 0 fully saturated rings. The zero-order valence-electron chi connectivity index (χ0n) is 16.7. The molecule has 0 bridgehead atoms. The van der Waals surface area contributed by atoms with E-state index in [2.05, 4.69) is 23.1 Å². The van der Waals surface area contributed by atoms with Crippen molar-refractivity contribution < 1.29 is 13.9 Å². The molecule has 29 heavy (non-hydrogen) atoms. The topological polar surface area (TPSA) is 51.9 Å². The smallest absolute Gasteiger partial charge is 0.339 e. The lowest BCUT2D eigenvalue weighted by Gasteiger charge is -2.29. The van der Waals surface area contributed by atoms with Crippen molar-refractivity contribution in [2.75, 3.05) is 13.8 Å². The molecule has 0 saturated heterocycles. The second-order valence-corrected chi connectivity index (χ2v) is 7.93. The van der Waals surface area contributed by atoms with Crippen LogP contribution in [0.15, 0.2) is 45.6 Å². The molecule has 150 valence electrons. The van der Waals surface area contributed by atoms with E-state index < -0.39 is 0 Å². The molecule has 1 aromatic heterocycles. The van der Waals surface area contributed by atoms with Crippen molar-refractivity contribution in [3.05, 3.63) is 69.1 Å². The average Bonchev–Trinajstić information content (AvgIpc) is 3.01. The van der Waals surface area contributed by atoms with Gasteiger partial charge in [0.2, 0.25) is 0 Å². The number of hydrogen-bond acceptors (Lipinski definition) is 5. The average molecular weight is 391 g/mol. The van der Waals surface area contributed by atoms with Crippen LogP contribution in [-0.2, 0) is 25.9 Å². The normalized spacial score (nSPS) is 16.6. The van der Waals surface area contributed by atoms with E-state index in [1.165, 1.54) is 17.5 Å². The summed E-state index contributed by atoms with van der Waals surface area (Å²) in [6.07, 6.45) is 5.13. The molecule has 5 heteroatoms. The van der Waals surface area contributed by atoms with Gasteiger partial charge in [-0.25, -0.2) is 4.79 Å². The molecule has 0 saturated carbocycles. The highest BCUT2D eigenvalue weighted by atomic mass is 16.5. The molecule has 1 aliphatic carbocycles. The van der Waals surface area contributed by atoms with E-state index >= 15 is 0 Å². The molecule has 0 N–H and O–H groups in total. The number of rotatable bonds is 3. The Morgan fingerprint density at radius 3 is 2.55 bits per heavy atom. The molecule has 2 heterocycles. The Morgan fingerprint density at radius 2 is 1.76 bits per heavy atom. The van der Waals surface area contributed by atoms with Crippen LogP contribution in [0.25, 0.3) is 11.0 Å². The van der Waals surface area contributed by atoms with Crippen LogP contribution in [0.1, 0.15) is 41.5 Å². The van der Waals surface area contributed by atoms with Crippen molar-refractivity contribution in [3.8, 4) is 11.5 Å². The maximum atomic E-state index is 12.7. The Balaban J connectivity index is 1.50. The van der Waals surface area contributed by atoms with Crippen LogP contribution in [-0.4, -0.2) is 18.7 Å². The molecule has 2 aromatic carbocycles. The van der Waals surface area contributed by atoms with E-state index in [0.29, 0.717) is 18.9 Å². The van der Waals surface area contributed by atoms with Crippen LogP contribution in [0.2, 0.25) is 0 Å². The first-order valence-corrected chi connectivity index (χ1v) is 10.3. The summed E-state index contributed by atoms with van der Waals surface area (Å²) in [4.78, 5) is 14.9. The predicted octanol–water partition coefficient (Wildman–Crippen LogP) is 4.42. The number of fused-ring (bicyclic) bond motifs is 5. The fraction of sp³-hybridized carbons (Fsp3) is 0.375. The summed E-state index contributed by atoms with van der Waals surface area (Å²) in [6, 6.07) is 12.2. The Kier molecular flexibility index (Phi) is 4.76. The van der Waals surface area contributed by atoms with Crippen LogP contribution < -0.4 is 15.1 Å². The quantitative estimate of drug-likeness (QED) is 0.489. The minimum absolute atomic E-state index is 0.171. The third kappa shape index (κ3) is 3.40. The third-order valence-electron chi connectivity index (χ3n) is 6.05. The lowest BCUT2D eigenvalue weighted by atomic mass is 9.98. The molecule has 5 nitrogen and oxygen atoms in total. The molecule has 0 radical (unpaired) electrons. The molecule has 0 atom stereocenters. The molecule has 2 aliphatic rings. The number of hydrogen-bond donors (Lipinski definition) is 0. The van der Waals surface area contributed by atoms with Crippen LogP contribution in [0.5, 0.6) is 11.5 Å². The number of ether oxygens (including phenoxy) is 2. The summed E-state index contributed by atoms with van der Waals surface area (Å²) in [6.45, 7) is 1.97. The lowest BCUT2D eigenvalue weighted by Crippen LogP contribution is -2.31. The highest BCUT2D eigenvalue weighted by Crippen LogP contribution is 2.35. The summed E-state index contributed by atoms with van der Waals surface area (Å²) >= 11 is 0. The van der Waals surface area contributed by atoms with Gasteiger partial charge in [-0.15, -0.1) is 0 Å². The van der Waals surface area contributed by atoms with Crippen molar-refractivity contribution >= 4 is 11.0 Å². The molecule has 5 rings (SSSR count). The van der Waals surface area contributed by atoms with Crippen molar-refractivity contribution in [3.63, 3.8) is 0 Å². The lowest BCUT2D eigenvalue weighted by molar-refractivity contribution is 0.0889. The van der Waals surface area contributed by atoms with Crippen molar-refractivity contribution in [2.45, 2.75) is 45.2 Å². The van der Waals surface area contributed by atoms with Gasteiger partial charge >= 0.3 is 5.63 Å². The SMILES string of the molecule is COc1ccc(CN2COc3ccc4c5c(c(=O)oc4c3C2)CCCCC5)cc1. The fourth-order valence-electron chi connectivity index (χ4n) is 4.53. The summed E-state index contributed by atoms with van der Waals surface area (Å²) in [5.74, 6) is 1.67. The van der Waals surface area contributed by atoms with Gasteiger partial charge in [0.15, 0.2) is 0 Å². The molecule has 0 unspecified atom stereocenters. The van der Waals surface area contributed by atoms with Gasteiger partial charge in [-0.05, 0) is 61.1 Å². The minimum Gasteiger partial charge on any atom is -0.497 e. The predicted molar refractivity (Wildman–Crippen MR) is 111 cm³/mol. The van der Waals surface area contributed by atoms with Crippen LogP contribution >= 0.6 is 0 Å². The van der Waals surface area contributed by atoms with Gasteiger partial charge in [0.25, 0.3) is 0 Å². The summed E-state index contributed by atoms with van der Waals surface area (Å²) in [5, 5.41) is 1.08. The molecule has 0 amide bonds.